The number of nitrogen functional groups attached to an aromatic ring is 1. The first-order chi connectivity index (χ1) is 9.54. The van der Waals surface area contributed by atoms with Crippen molar-refractivity contribution in [2.75, 3.05) is 18.5 Å². The molecule has 0 atom stereocenters. The smallest absolute Gasteiger partial charge is 0.282 e. The molecule has 1 rings (SSSR count). The highest BCUT2D eigenvalue weighted by atomic mass is 16.6. The van der Waals surface area contributed by atoms with Crippen molar-refractivity contribution in [2.24, 2.45) is 5.84 Å². The number of amides is 1. The molecule has 1 amide bonds. The van der Waals surface area contributed by atoms with Gasteiger partial charge in [0.2, 0.25) is 0 Å². The van der Waals surface area contributed by atoms with Crippen molar-refractivity contribution < 1.29 is 9.72 Å². The molecule has 8 heteroatoms. The number of hydrazine groups is 1. The molecule has 3 N–H and O–H groups in total. The van der Waals surface area contributed by atoms with Crippen LogP contribution in [0.25, 0.3) is 0 Å². The zero-order valence-corrected chi connectivity index (χ0v) is 11.0. The van der Waals surface area contributed by atoms with Gasteiger partial charge >= 0.3 is 0 Å². The van der Waals surface area contributed by atoms with Crippen molar-refractivity contribution in [1.29, 1.82) is 5.26 Å². The molecule has 1 aromatic rings. The molecule has 0 saturated carbocycles. The number of hydrogen-bond donors (Lipinski definition) is 2. The van der Waals surface area contributed by atoms with Crippen molar-refractivity contribution >= 4 is 17.3 Å². The Labute approximate surface area is 115 Å². The zero-order valence-electron chi connectivity index (χ0n) is 11.0. The molecule has 0 unspecified atom stereocenters. The lowest BCUT2D eigenvalue weighted by Gasteiger charge is -2.19. The van der Waals surface area contributed by atoms with Crippen LogP contribution in [0.5, 0.6) is 0 Å². The summed E-state index contributed by atoms with van der Waals surface area (Å²) in [5, 5.41) is 19.5. The number of anilines is 1. The molecule has 0 aromatic heterocycles. The summed E-state index contributed by atoms with van der Waals surface area (Å²) in [4.78, 5) is 24.1. The number of carbonyl (C=O) groups is 1. The van der Waals surface area contributed by atoms with Gasteiger partial charge in [-0.3, -0.25) is 20.8 Å². The van der Waals surface area contributed by atoms with E-state index in [0.717, 1.165) is 0 Å². The molecule has 0 bridgehead atoms. The average Bonchev–Trinajstić information content (AvgIpc) is 2.46. The lowest BCUT2D eigenvalue weighted by atomic mass is 10.1. The van der Waals surface area contributed by atoms with E-state index in [1.54, 1.807) is 6.92 Å². The number of benzene rings is 1. The molecular formula is C12H15N5O3. The molecule has 20 heavy (non-hydrogen) atoms. The third-order valence-corrected chi connectivity index (χ3v) is 2.75. The maximum absolute atomic E-state index is 12.3. The molecule has 8 nitrogen and oxygen atoms in total. The highest BCUT2D eigenvalue weighted by Gasteiger charge is 2.24. The molecule has 0 fully saturated rings. The van der Waals surface area contributed by atoms with E-state index in [2.05, 4.69) is 5.43 Å². The van der Waals surface area contributed by atoms with Crippen molar-refractivity contribution in [3.05, 3.63) is 33.9 Å². The maximum Gasteiger partial charge on any atom is 0.282 e. The Bertz CT molecular complexity index is 553. The van der Waals surface area contributed by atoms with E-state index in [1.807, 2.05) is 6.07 Å². The van der Waals surface area contributed by atoms with Gasteiger partial charge in [0.05, 0.1) is 17.4 Å². The van der Waals surface area contributed by atoms with Gasteiger partial charge in [-0.15, -0.1) is 0 Å². The molecule has 0 radical (unpaired) electrons. The Kier molecular flexibility index (Phi) is 5.43. The van der Waals surface area contributed by atoms with Gasteiger partial charge < -0.3 is 10.3 Å². The van der Waals surface area contributed by atoms with Crippen molar-refractivity contribution in [2.45, 2.75) is 13.3 Å². The van der Waals surface area contributed by atoms with E-state index in [9.17, 15) is 14.9 Å². The predicted molar refractivity (Wildman–Crippen MR) is 72.7 cm³/mol. The Balaban J connectivity index is 3.17. The number of nitro groups is 1. The first-order valence-electron chi connectivity index (χ1n) is 5.96. The second-order valence-corrected chi connectivity index (χ2v) is 3.93. The number of nitriles is 1. The normalized spacial score (nSPS) is 9.65. The van der Waals surface area contributed by atoms with E-state index < -0.39 is 10.8 Å². The van der Waals surface area contributed by atoms with E-state index in [-0.39, 0.29) is 24.2 Å². The molecule has 0 spiro atoms. The molecule has 106 valence electrons. The molecule has 0 saturated heterocycles. The summed E-state index contributed by atoms with van der Waals surface area (Å²) in [5.74, 6) is 4.75. The van der Waals surface area contributed by atoms with Crippen LogP contribution in [0.4, 0.5) is 11.4 Å². The molecule has 0 aliphatic heterocycles. The van der Waals surface area contributed by atoms with Crippen LogP contribution in [0.15, 0.2) is 18.2 Å². The van der Waals surface area contributed by atoms with Crippen LogP contribution < -0.4 is 11.3 Å². The molecule has 0 aliphatic carbocycles. The van der Waals surface area contributed by atoms with Gasteiger partial charge in [-0.1, -0.05) is 0 Å². The van der Waals surface area contributed by atoms with Crippen LogP contribution in [0, 0.1) is 21.4 Å². The van der Waals surface area contributed by atoms with Crippen LogP contribution in [0.3, 0.4) is 0 Å². The standard InChI is InChI=1S/C12H15N5O3/c1-2-16(7-3-6-13)12(18)10-8-9(15-14)4-5-11(10)17(19)20/h4-5,8,15H,2-3,7,14H2,1H3. The summed E-state index contributed by atoms with van der Waals surface area (Å²) in [6.07, 6.45) is 0.169. The van der Waals surface area contributed by atoms with Crippen molar-refractivity contribution in [3.8, 4) is 6.07 Å². The minimum atomic E-state index is -0.619. The highest BCUT2D eigenvalue weighted by Crippen LogP contribution is 2.23. The predicted octanol–water partition coefficient (Wildman–Crippen LogP) is 1.26. The Morgan fingerprint density at radius 1 is 1.60 bits per heavy atom. The average molecular weight is 277 g/mol. The van der Waals surface area contributed by atoms with Gasteiger partial charge in [-0.25, -0.2) is 0 Å². The van der Waals surface area contributed by atoms with Crippen LogP contribution in [0.1, 0.15) is 23.7 Å². The third kappa shape index (κ3) is 3.43. The zero-order chi connectivity index (χ0) is 15.1. The van der Waals surface area contributed by atoms with E-state index in [4.69, 9.17) is 11.1 Å². The van der Waals surface area contributed by atoms with Gasteiger partial charge in [0.15, 0.2) is 0 Å². The summed E-state index contributed by atoms with van der Waals surface area (Å²) < 4.78 is 0. The fourth-order valence-electron chi connectivity index (χ4n) is 1.71. The van der Waals surface area contributed by atoms with Crippen LogP contribution in [-0.4, -0.2) is 28.8 Å². The Morgan fingerprint density at radius 3 is 2.80 bits per heavy atom. The Hall–Kier alpha value is -2.66. The minimum absolute atomic E-state index is 0.0507. The summed E-state index contributed by atoms with van der Waals surface area (Å²) >= 11 is 0. The van der Waals surface area contributed by atoms with Crippen molar-refractivity contribution in [3.63, 3.8) is 0 Å². The van der Waals surface area contributed by atoms with E-state index >= 15 is 0 Å². The van der Waals surface area contributed by atoms with Gasteiger partial charge in [0, 0.05) is 24.8 Å². The third-order valence-electron chi connectivity index (χ3n) is 2.75. The topological polar surface area (TPSA) is 125 Å². The number of hydrogen-bond acceptors (Lipinski definition) is 6. The summed E-state index contributed by atoms with van der Waals surface area (Å²) in [6.45, 7) is 2.33. The largest absolute Gasteiger partial charge is 0.338 e. The number of nitrogens with one attached hydrogen (secondary N) is 1. The number of carbonyl (C=O) groups excluding carboxylic acids is 1. The second kappa shape index (κ2) is 7.06. The molecule has 0 aliphatic rings. The molecular weight excluding hydrogens is 262 g/mol. The highest BCUT2D eigenvalue weighted by molar-refractivity contribution is 5.99. The minimum Gasteiger partial charge on any atom is -0.338 e. The summed E-state index contributed by atoms with van der Waals surface area (Å²) in [6, 6.07) is 5.91. The van der Waals surface area contributed by atoms with Gasteiger partial charge in [-0.05, 0) is 19.1 Å². The van der Waals surface area contributed by atoms with Crippen LogP contribution >= 0.6 is 0 Å². The number of rotatable bonds is 6. The van der Waals surface area contributed by atoms with Crippen LogP contribution in [-0.2, 0) is 0 Å². The SMILES string of the molecule is CCN(CCC#N)C(=O)c1cc(NN)ccc1[N+](=O)[O-]. The second-order valence-electron chi connectivity index (χ2n) is 3.93. The first kappa shape index (κ1) is 15.4. The van der Waals surface area contributed by atoms with Gasteiger partial charge in [0.1, 0.15) is 5.56 Å². The fraction of sp³-hybridized carbons (Fsp3) is 0.333. The van der Waals surface area contributed by atoms with Crippen LogP contribution in [0.2, 0.25) is 0 Å². The Morgan fingerprint density at radius 2 is 2.30 bits per heavy atom. The lowest BCUT2D eigenvalue weighted by Crippen LogP contribution is -2.32. The molecule has 1 aromatic carbocycles. The summed E-state index contributed by atoms with van der Waals surface area (Å²) in [7, 11) is 0. The molecule has 0 heterocycles. The first-order valence-corrected chi connectivity index (χ1v) is 5.96. The number of nitro benzene ring substituents is 1. The number of nitrogens with zero attached hydrogens (tertiary/aromatic N) is 3. The number of nitrogens with two attached hydrogens (primary N) is 1. The lowest BCUT2D eigenvalue weighted by molar-refractivity contribution is -0.385. The monoisotopic (exact) mass is 277 g/mol. The van der Waals surface area contributed by atoms with E-state index in [1.165, 1.54) is 23.1 Å². The fourth-order valence-corrected chi connectivity index (χ4v) is 1.71. The quantitative estimate of drug-likeness (QED) is 0.458. The van der Waals surface area contributed by atoms with E-state index in [0.29, 0.717) is 12.2 Å². The van der Waals surface area contributed by atoms with Crippen molar-refractivity contribution in [1.82, 2.24) is 4.90 Å². The van der Waals surface area contributed by atoms with Gasteiger partial charge in [0.25, 0.3) is 11.6 Å². The van der Waals surface area contributed by atoms with Gasteiger partial charge in [-0.2, -0.15) is 5.26 Å². The summed E-state index contributed by atoms with van der Waals surface area (Å²) in [5.41, 5.74) is 2.40. The maximum atomic E-state index is 12.3.